The lowest BCUT2D eigenvalue weighted by Crippen LogP contribution is -1.99. The van der Waals surface area contributed by atoms with E-state index in [4.69, 9.17) is 11.6 Å². The van der Waals surface area contributed by atoms with Crippen molar-refractivity contribution >= 4 is 39.4 Å². The van der Waals surface area contributed by atoms with Gasteiger partial charge in [-0.3, -0.25) is 0 Å². The van der Waals surface area contributed by atoms with Crippen LogP contribution >= 0.6 is 11.6 Å². The number of rotatable bonds is 2. The molecular formula is C15H10ClNO3. The van der Waals surface area contributed by atoms with Crippen LogP contribution < -0.4 is 0 Å². The van der Waals surface area contributed by atoms with Gasteiger partial charge < -0.3 is 10.2 Å². The van der Waals surface area contributed by atoms with E-state index in [-0.39, 0.29) is 16.8 Å². The molecule has 0 fully saturated rings. The fourth-order valence-electron chi connectivity index (χ4n) is 2.28. The van der Waals surface area contributed by atoms with E-state index in [2.05, 4.69) is 4.98 Å². The Kier molecular flexibility index (Phi) is 2.95. The Labute approximate surface area is 119 Å². The van der Waals surface area contributed by atoms with Gasteiger partial charge in [0.2, 0.25) is 0 Å². The minimum absolute atomic E-state index is 0.00350. The van der Waals surface area contributed by atoms with Gasteiger partial charge in [0, 0.05) is 16.7 Å². The number of aromatic carboxylic acids is 1. The van der Waals surface area contributed by atoms with Gasteiger partial charge in [0.25, 0.3) is 0 Å². The van der Waals surface area contributed by atoms with Crippen LogP contribution in [0.3, 0.4) is 0 Å². The molecule has 0 atom stereocenters. The number of phenolic OH excluding ortho intramolecular Hbond substituents is 1. The number of carboxylic acid groups (broad SMARTS) is 1. The summed E-state index contributed by atoms with van der Waals surface area (Å²) in [5, 5.41) is 20.4. The van der Waals surface area contributed by atoms with Crippen LogP contribution in [0.4, 0.5) is 0 Å². The first kappa shape index (κ1) is 12.7. The molecule has 1 aromatic heterocycles. The summed E-state index contributed by atoms with van der Waals surface area (Å²) in [7, 11) is 0. The standard InChI is InChI=1S/C15H10ClNO3/c16-7-8-2-1-3-12-10(8)6-11-13(18)5-4-9(15(19)20)14(11)17-12/h1-6,18H,7H2,(H,19,20). The van der Waals surface area contributed by atoms with Gasteiger partial charge >= 0.3 is 5.97 Å². The molecule has 0 radical (unpaired) electrons. The van der Waals surface area contributed by atoms with E-state index in [0.29, 0.717) is 16.8 Å². The topological polar surface area (TPSA) is 70.4 Å². The molecule has 0 unspecified atom stereocenters. The SMILES string of the molecule is O=C(O)c1ccc(O)c2cc3c(CCl)cccc3nc12. The molecule has 20 heavy (non-hydrogen) atoms. The van der Waals surface area contributed by atoms with E-state index in [0.717, 1.165) is 10.9 Å². The number of pyridine rings is 1. The lowest BCUT2D eigenvalue weighted by Gasteiger charge is -2.08. The Morgan fingerprint density at radius 2 is 2.00 bits per heavy atom. The maximum Gasteiger partial charge on any atom is 0.337 e. The molecule has 4 nitrogen and oxygen atoms in total. The Balaban J connectivity index is 2.50. The quantitative estimate of drug-likeness (QED) is 0.559. The summed E-state index contributed by atoms with van der Waals surface area (Å²) in [6, 6.07) is 9.94. The number of carbonyl (C=O) groups is 1. The van der Waals surface area contributed by atoms with Crippen LogP contribution in [0.5, 0.6) is 5.75 Å². The van der Waals surface area contributed by atoms with E-state index in [9.17, 15) is 15.0 Å². The van der Waals surface area contributed by atoms with E-state index < -0.39 is 5.97 Å². The highest BCUT2D eigenvalue weighted by Gasteiger charge is 2.14. The summed E-state index contributed by atoms with van der Waals surface area (Å²) in [6.07, 6.45) is 0. The average Bonchev–Trinajstić information content (AvgIpc) is 2.45. The van der Waals surface area contributed by atoms with Gasteiger partial charge in [-0.05, 0) is 29.8 Å². The summed E-state index contributed by atoms with van der Waals surface area (Å²) in [5.41, 5.74) is 1.88. The molecule has 100 valence electrons. The molecule has 0 amide bonds. The van der Waals surface area contributed by atoms with E-state index in [1.165, 1.54) is 12.1 Å². The molecule has 0 saturated carbocycles. The van der Waals surface area contributed by atoms with Crippen molar-refractivity contribution in [1.29, 1.82) is 0 Å². The molecule has 5 heteroatoms. The lowest BCUT2D eigenvalue weighted by atomic mass is 10.0. The molecular weight excluding hydrogens is 278 g/mol. The molecule has 0 bridgehead atoms. The first-order valence-electron chi connectivity index (χ1n) is 5.95. The zero-order valence-electron chi connectivity index (χ0n) is 10.3. The van der Waals surface area contributed by atoms with Gasteiger partial charge in [-0.15, -0.1) is 11.6 Å². The monoisotopic (exact) mass is 287 g/mol. The van der Waals surface area contributed by atoms with Crippen molar-refractivity contribution in [2.45, 2.75) is 5.88 Å². The summed E-state index contributed by atoms with van der Waals surface area (Å²) in [5.74, 6) is -0.747. The molecule has 0 aliphatic heterocycles. The van der Waals surface area contributed by atoms with Crippen LogP contribution in [0, 0.1) is 0 Å². The van der Waals surface area contributed by atoms with E-state index in [1.807, 2.05) is 12.1 Å². The van der Waals surface area contributed by atoms with Crippen molar-refractivity contribution in [3.8, 4) is 5.75 Å². The Bertz CT molecular complexity index is 845. The maximum absolute atomic E-state index is 11.2. The predicted molar refractivity (Wildman–Crippen MR) is 77.4 cm³/mol. The van der Waals surface area contributed by atoms with Crippen molar-refractivity contribution in [1.82, 2.24) is 4.98 Å². The number of hydrogen-bond acceptors (Lipinski definition) is 3. The molecule has 2 N–H and O–H groups in total. The number of phenols is 1. The minimum atomic E-state index is -1.07. The maximum atomic E-state index is 11.2. The summed E-state index contributed by atoms with van der Waals surface area (Å²) >= 11 is 5.89. The zero-order valence-corrected chi connectivity index (χ0v) is 11.1. The van der Waals surface area contributed by atoms with Crippen molar-refractivity contribution in [3.63, 3.8) is 0 Å². The summed E-state index contributed by atoms with van der Waals surface area (Å²) in [4.78, 5) is 15.6. The molecule has 2 aromatic carbocycles. The number of benzene rings is 2. The van der Waals surface area contributed by atoms with Crippen LogP contribution in [-0.4, -0.2) is 21.2 Å². The van der Waals surface area contributed by atoms with E-state index >= 15 is 0 Å². The van der Waals surface area contributed by atoms with Gasteiger partial charge in [-0.1, -0.05) is 12.1 Å². The van der Waals surface area contributed by atoms with Crippen LogP contribution in [-0.2, 0) is 5.88 Å². The van der Waals surface area contributed by atoms with Crippen molar-refractivity contribution < 1.29 is 15.0 Å². The van der Waals surface area contributed by atoms with Crippen LogP contribution in [0.25, 0.3) is 21.8 Å². The lowest BCUT2D eigenvalue weighted by molar-refractivity contribution is 0.0699. The molecule has 0 saturated heterocycles. The van der Waals surface area contributed by atoms with Crippen molar-refractivity contribution in [2.75, 3.05) is 0 Å². The smallest absolute Gasteiger partial charge is 0.337 e. The number of alkyl halides is 1. The molecule has 3 rings (SSSR count). The first-order valence-corrected chi connectivity index (χ1v) is 6.49. The van der Waals surface area contributed by atoms with Crippen LogP contribution in [0.1, 0.15) is 15.9 Å². The minimum Gasteiger partial charge on any atom is -0.507 e. The second-order valence-electron chi connectivity index (χ2n) is 4.44. The molecule has 0 aliphatic carbocycles. The number of hydrogen-bond donors (Lipinski definition) is 2. The van der Waals surface area contributed by atoms with Gasteiger partial charge in [0.15, 0.2) is 0 Å². The van der Waals surface area contributed by atoms with Gasteiger partial charge in [0.05, 0.1) is 16.6 Å². The third kappa shape index (κ3) is 1.85. The molecule has 0 aliphatic rings. The molecule has 1 heterocycles. The summed E-state index contributed by atoms with van der Waals surface area (Å²) in [6.45, 7) is 0. The number of carboxylic acids is 1. The Morgan fingerprint density at radius 1 is 1.20 bits per heavy atom. The predicted octanol–water partition coefficient (Wildman–Crippen LogP) is 3.53. The zero-order chi connectivity index (χ0) is 14.3. The Morgan fingerprint density at radius 3 is 2.70 bits per heavy atom. The fourth-order valence-corrected chi connectivity index (χ4v) is 2.51. The highest BCUT2D eigenvalue weighted by atomic mass is 35.5. The van der Waals surface area contributed by atoms with Gasteiger partial charge in [-0.25, -0.2) is 9.78 Å². The normalized spacial score (nSPS) is 11.1. The number of fused-ring (bicyclic) bond motifs is 2. The first-order chi connectivity index (χ1) is 9.61. The second kappa shape index (κ2) is 4.65. The third-order valence-corrected chi connectivity index (χ3v) is 3.55. The van der Waals surface area contributed by atoms with Gasteiger partial charge in [0.1, 0.15) is 5.75 Å². The number of aromatic hydroxyl groups is 1. The number of halogens is 1. The summed E-state index contributed by atoms with van der Waals surface area (Å²) < 4.78 is 0. The number of nitrogens with zero attached hydrogens (tertiary/aromatic N) is 1. The van der Waals surface area contributed by atoms with Crippen molar-refractivity contribution in [3.05, 3.63) is 47.5 Å². The van der Waals surface area contributed by atoms with Crippen molar-refractivity contribution in [2.24, 2.45) is 0 Å². The fraction of sp³-hybridized carbons (Fsp3) is 0.0667. The molecule has 3 aromatic rings. The Hall–Kier alpha value is -2.33. The highest BCUT2D eigenvalue weighted by molar-refractivity contribution is 6.18. The largest absolute Gasteiger partial charge is 0.507 e. The molecule has 0 spiro atoms. The van der Waals surface area contributed by atoms with Crippen LogP contribution in [0.2, 0.25) is 0 Å². The highest BCUT2D eigenvalue weighted by Crippen LogP contribution is 2.31. The average molecular weight is 288 g/mol. The van der Waals surface area contributed by atoms with Crippen LogP contribution in [0.15, 0.2) is 36.4 Å². The second-order valence-corrected chi connectivity index (χ2v) is 4.71. The van der Waals surface area contributed by atoms with E-state index in [1.54, 1.807) is 12.1 Å². The third-order valence-electron chi connectivity index (χ3n) is 3.26. The van der Waals surface area contributed by atoms with Gasteiger partial charge in [-0.2, -0.15) is 0 Å². The number of aromatic nitrogens is 1.